The van der Waals surface area contributed by atoms with Crippen LogP contribution in [0.1, 0.15) is 230 Å². The molecule has 0 unspecified atom stereocenters. The van der Waals surface area contributed by atoms with Gasteiger partial charge in [0.25, 0.3) is 0 Å². The Hall–Kier alpha value is -2.55. The van der Waals surface area contributed by atoms with E-state index >= 15 is 0 Å². The average molecular weight is 885 g/mol. The van der Waals surface area contributed by atoms with Gasteiger partial charge in [-0.1, -0.05) is 143 Å². The minimum absolute atomic E-state index is 0.0128. The van der Waals surface area contributed by atoms with E-state index in [4.69, 9.17) is 0 Å². The van der Waals surface area contributed by atoms with Crippen molar-refractivity contribution in [2.75, 3.05) is 52.4 Å². The Balaban J connectivity index is 0.000000900. The molecule has 8 heteroatoms. The van der Waals surface area contributed by atoms with Crippen molar-refractivity contribution in [3.05, 3.63) is 59.7 Å². The van der Waals surface area contributed by atoms with Gasteiger partial charge in [-0.15, -0.1) is 0 Å². The fourth-order valence-corrected chi connectivity index (χ4v) is 9.98. The van der Waals surface area contributed by atoms with Gasteiger partial charge in [0.15, 0.2) is 0 Å². The Morgan fingerprint density at radius 2 is 0.565 bits per heavy atom. The molecule has 0 atom stereocenters. The summed E-state index contributed by atoms with van der Waals surface area (Å²) in [5, 5.41) is 22.0. The second-order valence-corrected chi connectivity index (χ2v) is 19.4. The summed E-state index contributed by atoms with van der Waals surface area (Å²) in [6.45, 7) is 30.3. The van der Waals surface area contributed by atoms with E-state index in [2.05, 4.69) is 55.4 Å². The molecule has 0 fully saturated rings. The molecular weight excluding hydrogens is 789 g/mol. The van der Waals surface area contributed by atoms with Crippen molar-refractivity contribution < 1.29 is 33.0 Å². The van der Waals surface area contributed by atoms with Gasteiger partial charge < -0.3 is 28.8 Å². The first-order valence-electron chi connectivity index (χ1n) is 25.7. The number of carbonyl (C=O) groups is 2. The monoisotopic (exact) mass is 885 g/mol. The second kappa shape index (κ2) is 38.9. The molecule has 0 N–H and O–H groups in total. The number of carboxylic acid groups (broad SMARTS) is 2. The maximum absolute atomic E-state index is 12.4. The van der Waals surface area contributed by atoms with E-state index < -0.39 is 22.7 Å². The molecule has 0 saturated carbocycles. The summed E-state index contributed by atoms with van der Waals surface area (Å²) in [5.41, 5.74) is -0.474. The molecule has 0 aliphatic heterocycles. The molecule has 2 rings (SSSR count). The van der Waals surface area contributed by atoms with Gasteiger partial charge in [0.1, 0.15) is 0 Å². The maximum atomic E-state index is 12.4. The van der Waals surface area contributed by atoms with Crippen molar-refractivity contribution in [1.29, 1.82) is 0 Å². The minimum atomic E-state index is -1.95. The number of hydrogen-bond acceptors (Lipinski definition) is 5. The van der Waals surface area contributed by atoms with Gasteiger partial charge in [0.05, 0.1) is 84.9 Å². The van der Waals surface area contributed by atoms with E-state index in [-0.39, 0.29) is 20.9 Å². The van der Waals surface area contributed by atoms with E-state index in [9.17, 15) is 24.0 Å². The van der Waals surface area contributed by atoms with Crippen molar-refractivity contribution in [3.8, 4) is 0 Å². The van der Waals surface area contributed by atoms with Crippen LogP contribution >= 0.6 is 0 Å². The van der Waals surface area contributed by atoms with E-state index in [1.165, 1.54) is 264 Å². The van der Waals surface area contributed by atoms with Gasteiger partial charge in [-0.25, -0.2) is 4.21 Å². The van der Waals surface area contributed by atoms with E-state index in [0.29, 0.717) is 0 Å². The summed E-state index contributed by atoms with van der Waals surface area (Å²) < 4.78 is 15.3. The number of rotatable bonds is 36. The summed E-state index contributed by atoms with van der Waals surface area (Å²) in [6, 6.07) is 11.2. The summed E-state index contributed by atoms with van der Waals surface area (Å²) >= 11 is 0. The molecule has 0 spiro atoms. The number of nitrogens with zero attached hydrogens (tertiary/aromatic N) is 2. The lowest BCUT2D eigenvalue weighted by Crippen LogP contribution is -2.50. The molecule has 7 nitrogen and oxygen atoms in total. The highest BCUT2D eigenvalue weighted by molar-refractivity contribution is 7.85. The van der Waals surface area contributed by atoms with Crippen LogP contribution in [0.4, 0.5) is 0 Å². The molecule has 2 aromatic carbocycles. The molecule has 0 aliphatic carbocycles. The molecule has 0 radical (unpaired) electrons. The largest absolute Gasteiger partial charge is 0.545 e. The molecular formula is C54H96N2O5S. The Labute approximate surface area is 385 Å². The summed E-state index contributed by atoms with van der Waals surface area (Å²) in [4.78, 5) is 22.0. The number of aromatic carboxylic acids is 2. The number of quaternary nitrogens is 2. The van der Waals surface area contributed by atoms with E-state index in [1.807, 2.05) is 0 Å². The highest BCUT2D eigenvalue weighted by atomic mass is 32.2. The van der Waals surface area contributed by atoms with Crippen molar-refractivity contribution in [3.63, 3.8) is 0 Å². The van der Waals surface area contributed by atoms with Crippen LogP contribution in [-0.4, -0.2) is 77.5 Å². The van der Waals surface area contributed by atoms with Crippen LogP contribution in [0.25, 0.3) is 0 Å². The van der Waals surface area contributed by atoms with Gasteiger partial charge in [0, 0.05) is 11.1 Å². The third-order valence-electron chi connectivity index (χ3n) is 12.5. The van der Waals surface area contributed by atoms with Crippen molar-refractivity contribution >= 4 is 22.7 Å². The average Bonchev–Trinajstić information content (AvgIpc) is 3.27. The molecule has 0 heterocycles. The van der Waals surface area contributed by atoms with E-state index in [1.54, 1.807) is 0 Å². The molecule has 0 saturated heterocycles. The highest BCUT2D eigenvalue weighted by Crippen LogP contribution is 2.23. The molecule has 0 aromatic heterocycles. The van der Waals surface area contributed by atoms with Crippen molar-refractivity contribution in [2.24, 2.45) is 0 Å². The number of carboxylic acids is 2. The van der Waals surface area contributed by atoms with Crippen LogP contribution < -0.4 is 10.2 Å². The fourth-order valence-electron chi connectivity index (χ4n) is 8.63. The minimum Gasteiger partial charge on any atom is -0.545 e. The van der Waals surface area contributed by atoms with Gasteiger partial charge in [-0.3, -0.25) is 0 Å². The van der Waals surface area contributed by atoms with Crippen molar-refractivity contribution in [2.45, 2.75) is 219 Å². The highest BCUT2D eigenvalue weighted by Gasteiger charge is 2.26. The van der Waals surface area contributed by atoms with Crippen LogP contribution in [0.15, 0.2) is 58.3 Å². The predicted molar refractivity (Wildman–Crippen MR) is 262 cm³/mol. The lowest BCUT2D eigenvalue weighted by atomic mass is 10.1. The smallest absolute Gasteiger partial charge is 0.0863 e. The topological polar surface area (TPSA) is 97.3 Å². The molecule has 0 bridgehead atoms. The molecule has 62 heavy (non-hydrogen) atoms. The van der Waals surface area contributed by atoms with Gasteiger partial charge in [-0.05, 0) is 115 Å². The standard InChI is InChI=1S/2C20H44N.C14H10O5S/c2*1-5-9-13-17-21(18-14-10-6-2,19-15-11-7-3)20-16-12-8-4;15-13(16)9-5-1-3-7-11(9)20(19)12-8-4-2-6-10(12)14(17)18/h2*5-20H2,1-4H3;1-8H,(H,15,16)(H,17,18)/q2*+1;/p-2. The third kappa shape index (κ3) is 26.3. The normalized spacial score (nSPS) is 11.5. The van der Waals surface area contributed by atoms with Crippen LogP contribution in [0.3, 0.4) is 0 Å². The lowest BCUT2D eigenvalue weighted by Gasteiger charge is -2.39. The molecule has 358 valence electrons. The zero-order chi connectivity index (χ0) is 46.3. The maximum Gasteiger partial charge on any atom is 0.0863 e. The Morgan fingerprint density at radius 3 is 0.742 bits per heavy atom. The third-order valence-corrected chi connectivity index (χ3v) is 14.0. The van der Waals surface area contributed by atoms with Gasteiger partial charge in [-0.2, -0.15) is 0 Å². The van der Waals surface area contributed by atoms with Crippen molar-refractivity contribution in [1.82, 2.24) is 0 Å². The van der Waals surface area contributed by atoms with Gasteiger partial charge in [0.2, 0.25) is 0 Å². The van der Waals surface area contributed by atoms with E-state index in [0.717, 1.165) is 0 Å². The predicted octanol–water partition coefficient (Wildman–Crippen LogP) is 12.7. The zero-order valence-corrected chi connectivity index (χ0v) is 42.4. The second-order valence-electron chi connectivity index (χ2n) is 18.0. The molecule has 2 aromatic rings. The molecule has 0 aliphatic rings. The quantitative estimate of drug-likeness (QED) is 0.0501. The Morgan fingerprint density at radius 1 is 0.371 bits per heavy atom. The van der Waals surface area contributed by atoms with Crippen LogP contribution in [0.5, 0.6) is 0 Å². The number of benzene rings is 2. The van der Waals surface area contributed by atoms with Gasteiger partial charge >= 0.3 is 0 Å². The Kier molecular flexibility index (Phi) is 37.3. The first-order valence-corrected chi connectivity index (χ1v) is 26.9. The fraction of sp³-hybridized carbons (Fsp3) is 0.741. The zero-order valence-electron chi connectivity index (χ0n) is 41.6. The number of carbonyl (C=O) groups excluding carboxylic acids is 2. The number of unbranched alkanes of at least 4 members (excludes halogenated alkanes) is 16. The summed E-state index contributed by atoms with van der Waals surface area (Å²) in [5.74, 6) is -2.94. The summed E-state index contributed by atoms with van der Waals surface area (Å²) in [6.07, 6.45) is 33.8. The van der Waals surface area contributed by atoms with Crippen LogP contribution in [0.2, 0.25) is 0 Å². The van der Waals surface area contributed by atoms with Crippen LogP contribution in [0, 0.1) is 0 Å². The lowest BCUT2D eigenvalue weighted by molar-refractivity contribution is -0.929. The molecule has 0 amide bonds. The Bertz CT molecular complexity index is 1220. The number of hydrogen-bond donors (Lipinski definition) is 0. The van der Waals surface area contributed by atoms with Crippen LogP contribution in [-0.2, 0) is 10.8 Å². The SMILES string of the molecule is CCCCC[N+](CCCCC)(CCCCC)CCCCC.CCCCC[N+](CCCCC)(CCCCC)CCCCC.O=C([O-])c1ccccc1S(=O)c1ccccc1C(=O)[O-]. The first-order chi connectivity index (χ1) is 30.0. The summed E-state index contributed by atoms with van der Waals surface area (Å²) in [7, 11) is -1.95. The first kappa shape index (κ1) is 59.5.